The number of aromatic nitrogens is 2. The van der Waals surface area contributed by atoms with Crippen LogP contribution < -0.4 is 5.32 Å². The van der Waals surface area contributed by atoms with Crippen molar-refractivity contribution in [3.63, 3.8) is 0 Å². The van der Waals surface area contributed by atoms with Crippen molar-refractivity contribution in [2.24, 2.45) is 12.5 Å². The van der Waals surface area contributed by atoms with E-state index in [2.05, 4.69) is 10.4 Å². The lowest BCUT2D eigenvalue weighted by atomic mass is 9.74. The highest BCUT2D eigenvalue weighted by Gasteiger charge is 2.41. The lowest BCUT2D eigenvalue weighted by Gasteiger charge is -2.45. The molecule has 0 radical (unpaired) electrons. The van der Waals surface area contributed by atoms with Crippen molar-refractivity contribution in [1.29, 1.82) is 0 Å². The molecule has 1 fully saturated rings. The summed E-state index contributed by atoms with van der Waals surface area (Å²) in [5, 5.41) is 27.0. The Kier molecular flexibility index (Phi) is 5.78. The molecule has 2 atom stereocenters. The van der Waals surface area contributed by atoms with E-state index in [0.717, 1.165) is 24.2 Å². The van der Waals surface area contributed by atoms with Crippen LogP contribution in [-0.4, -0.2) is 63.1 Å². The number of aryl methyl sites for hydroxylation is 1. The van der Waals surface area contributed by atoms with Gasteiger partial charge in [-0.15, -0.1) is 0 Å². The van der Waals surface area contributed by atoms with Gasteiger partial charge in [0.2, 0.25) is 5.91 Å². The molecule has 1 aromatic heterocycles. The Morgan fingerprint density at radius 3 is 2.87 bits per heavy atom. The van der Waals surface area contributed by atoms with Crippen molar-refractivity contribution in [3.05, 3.63) is 11.9 Å². The number of nitrogens with zero attached hydrogens (tertiary/aromatic N) is 3. The third-order valence-corrected chi connectivity index (χ3v) is 4.90. The summed E-state index contributed by atoms with van der Waals surface area (Å²) in [6.07, 6.45) is 3.37. The minimum atomic E-state index is -0.516. The number of hydrogen-bond acceptors (Lipinski definition) is 5. The van der Waals surface area contributed by atoms with Gasteiger partial charge in [0, 0.05) is 25.6 Å². The van der Waals surface area contributed by atoms with Gasteiger partial charge >= 0.3 is 0 Å². The van der Waals surface area contributed by atoms with Crippen LogP contribution in [0.5, 0.6) is 0 Å². The highest BCUT2D eigenvalue weighted by molar-refractivity contribution is 5.92. The Balaban J connectivity index is 1.97. The molecule has 3 N–H and O–H groups in total. The summed E-state index contributed by atoms with van der Waals surface area (Å²) < 4.78 is 1.71. The van der Waals surface area contributed by atoms with E-state index in [0.29, 0.717) is 19.5 Å². The van der Waals surface area contributed by atoms with Crippen molar-refractivity contribution >= 4 is 11.6 Å². The number of carbonyl (C=O) groups excluding carboxylic acids is 1. The average Bonchev–Trinajstić information content (AvgIpc) is 2.83. The van der Waals surface area contributed by atoms with Gasteiger partial charge in [-0.2, -0.15) is 5.10 Å². The number of anilines is 1. The topological polar surface area (TPSA) is 90.6 Å². The molecular weight excluding hydrogens is 296 g/mol. The minimum Gasteiger partial charge on any atom is -0.396 e. The number of rotatable bonds is 6. The first-order valence-corrected chi connectivity index (χ1v) is 8.21. The van der Waals surface area contributed by atoms with Gasteiger partial charge in [0.15, 0.2) is 0 Å². The van der Waals surface area contributed by atoms with Crippen LogP contribution in [0, 0.1) is 12.3 Å². The summed E-state index contributed by atoms with van der Waals surface area (Å²) in [5.41, 5.74) is 1.11. The van der Waals surface area contributed by atoms with E-state index < -0.39 is 11.5 Å². The monoisotopic (exact) mass is 324 g/mol. The molecule has 23 heavy (non-hydrogen) atoms. The van der Waals surface area contributed by atoms with Crippen LogP contribution in [0.4, 0.5) is 5.69 Å². The Labute approximate surface area is 137 Å². The van der Waals surface area contributed by atoms with E-state index in [4.69, 9.17) is 0 Å². The van der Waals surface area contributed by atoms with Crippen LogP contribution in [0.2, 0.25) is 0 Å². The number of aliphatic hydroxyl groups is 2. The summed E-state index contributed by atoms with van der Waals surface area (Å²) in [7, 11) is 1.83. The highest BCUT2D eigenvalue weighted by atomic mass is 16.3. The fourth-order valence-corrected chi connectivity index (χ4v) is 3.37. The Hall–Kier alpha value is -1.44. The number of hydrogen-bond donors (Lipinski definition) is 3. The summed E-state index contributed by atoms with van der Waals surface area (Å²) >= 11 is 0. The number of amides is 1. The molecule has 0 bridgehead atoms. The molecule has 7 nitrogen and oxygen atoms in total. The van der Waals surface area contributed by atoms with E-state index in [1.165, 1.54) is 0 Å². The summed E-state index contributed by atoms with van der Waals surface area (Å²) in [5.74, 6) is -0.0965. The van der Waals surface area contributed by atoms with Gasteiger partial charge in [-0.1, -0.05) is 13.3 Å². The first-order valence-electron chi connectivity index (χ1n) is 8.21. The Morgan fingerprint density at radius 2 is 2.30 bits per heavy atom. The number of aliphatic hydroxyl groups excluding tert-OH is 2. The quantitative estimate of drug-likeness (QED) is 0.709. The minimum absolute atomic E-state index is 0.0537. The molecule has 2 rings (SSSR count). The van der Waals surface area contributed by atoms with Crippen molar-refractivity contribution in [3.8, 4) is 0 Å². The molecule has 1 aliphatic heterocycles. The Bertz CT molecular complexity index is 545. The van der Waals surface area contributed by atoms with Crippen LogP contribution in [0.15, 0.2) is 6.20 Å². The molecule has 1 amide bonds. The predicted molar refractivity (Wildman–Crippen MR) is 88.1 cm³/mol. The second-order valence-corrected chi connectivity index (χ2v) is 6.60. The fraction of sp³-hybridized carbons (Fsp3) is 0.750. The molecule has 1 aromatic rings. The van der Waals surface area contributed by atoms with Gasteiger partial charge in [-0.05, 0) is 19.8 Å². The molecule has 2 heterocycles. The number of piperidine rings is 1. The van der Waals surface area contributed by atoms with Gasteiger partial charge < -0.3 is 15.5 Å². The largest absolute Gasteiger partial charge is 0.396 e. The first-order chi connectivity index (χ1) is 10.9. The zero-order valence-corrected chi connectivity index (χ0v) is 14.2. The molecule has 0 saturated carbocycles. The highest BCUT2D eigenvalue weighted by Crippen LogP contribution is 2.34. The SMILES string of the molecule is CCC[C@@]1(CO)CN(CC(=O)Nc2cnn(C)c2C)CC[C@H]1O. The molecule has 1 aliphatic rings. The number of nitrogens with one attached hydrogen (secondary N) is 1. The van der Waals surface area contributed by atoms with Crippen LogP contribution in [0.25, 0.3) is 0 Å². The summed E-state index contributed by atoms with van der Waals surface area (Å²) in [4.78, 5) is 14.3. The van der Waals surface area contributed by atoms with Gasteiger partial charge in [0.25, 0.3) is 0 Å². The third kappa shape index (κ3) is 3.91. The van der Waals surface area contributed by atoms with Gasteiger partial charge in [-0.25, -0.2) is 0 Å². The van der Waals surface area contributed by atoms with Gasteiger partial charge in [-0.3, -0.25) is 14.4 Å². The van der Waals surface area contributed by atoms with Gasteiger partial charge in [0.05, 0.1) is 36.8 Å². The lowest BCUT2D eigenvalue weighted by molar-refractivity contribution is -0.121. The van der Waals surface area contributed by atoms with Crippen molar-refractivity contribution in [2.45, 2.75) is 39.2 Å². The van der Waals surface area contributed by atoms with E-state index in [-0.39, 0.29) is 19.1 Å². The maximum Gasteiger partial charge on any atom is 0.238 e. The lowest BCUT2D eigenvalue weighted by Crippen LogP contribution is -2.55. The molecular formula is C16H28N4O3. The standard InChI is InChI=1S/C16H28N4O3/c1-4-6-16(11-21)10-20(7-5-14(16)22)9-15(23)18-13-8-17-19(3)12(13)2/h8,14,21-22H,4-7,9-11H2,1-3H3,(H,18,23)/t14-,16+/m1/s1. The van der Waals surface area contributed by atoms with Crippen LogP contribution in [0.3, 0.4) is 0 Å². The number of carbonyl (C=O) groups is 1. The van der Waals surface area contributed by atoms with Crippen LogP contribution in [-0.2, 0) is 11.8 Å². The Morgan fingerprint density at radius 1 is 1.57 bits per heavy atom. The normalized spacial score (nSPS) is 25.5. The second kappa shape index (κ2) is 7.42. The van der Waals surface area contributed by atoms with E-state index in [9.17, 15) is 15.0 Å². The molecule has 1 saturated heterocycles. The maximum atomic E-state index is 12.3. The summed E-state index contributed by atoms with van der Waals surface area (Å²) in [6.45, 7) is 5.34. The molecule has 0 aliphatic carbocycles. The molecule has 0 spiro atoms. The smallest absolute Gasteiger partial charge is 0.238 e. The maximum absolute atomic E-state index is 12.3. The van der Waals surface area contributed by atoms with E-state index >= 15 is 0 Å². The third-order valence-electron chi connectivity index (χ3n) is 4.90. The van der Waals surface area contributed by atoms with Crippen molar-refractivity contribution < 1.29 is 15.0 Å². The second-order valence-electron chi connectivity index (χ2n) is 6.60. The molecule has 0 aromatic carbocycles. The van der Waals surface area contributed by atoms with E-state index in [1.54, 1.807) is 10.9 Å². The van der Waals surface area contributed by atoms with Crippen LogP contribution in [0.1, 0.15) is 31.9 Å². The summed E-state index contributed by atoms with van der Waals surface area (Å²) in [6, 6.07) is 0. The first kappa shape index (κ1) is 17.9. The zero-order valence-electron chi connectivity index (χ0n) is 14.2. The number of likely N-dealkylation sites (tertiary alicyclic amines) is 1. The predicted octanol–water partition coefficient (Wildman–Crippen LogP) is 0.512. The fourth-order valence-electron chi connectivity index (χ4n) is 3.37. The molecule has 130 valence electrons. The van der Waals surface area contributed by atoms with Crippen LogP contribution >= 0.6 is 0 Å². The molecule has 7 heteroatoms. The van der Waals surface area contributed by atoms with E-state index in [1.807, 2.05) is 25.8 Å². The zero-order chi connectivity index (χ0) is 17.0. The molecule has 0 unspecified atom stereocenters. The van der Waals surface area contributed by atoms with Crippen molar-refractivity contribution in [2.75, 3.05) is 31.6 Å². The average molecular weight is 324 g/mol. The van der Waals surface area contributed by atoms with Crippen molar-refractivity contribution in [1.82, 2.24) is 14.7 Å². The van der Waals surface area contributed by atoms with Gasteiger partial charge in [0.1, 0.15) is 0 Å².